The summed E-state index contributed by atoms with van der Waals surface area (Å²) in [7, 11) is 0. The van der Waals surface area contributed by atoms with E-state index in [0.717, 1.165) is 45.3 Å². The van der Waals surface area contributed by atoms with Gasteiger partial charge in [-0.1, -0.05) is 103 Å². The molecule has 0 aromatic carbocycles. The highest BCUT2D eigenvalue weighted by Gasteiger charge is 1.99. The van der Waals surface area contributed by atoms with E-state index in [1.807, 2.05) is 13.8 Å². The zero-order valence-corrected chi connectivity index (χ0v) is 24.8. The minimum atomic E-state index is -0.0549. The molecule has 210 valence electrons. The molecule has 0 aliphatic carbocycles. The number of hydrogen-bond acceptors (Lipinski definition) is 2. The largest absolute Gasteiger partial charge is 0.353 e. The van der Waals surface area contributed by atoms with Crippen molar-refractivity contribution in [2.45, 2.75) is 181 Å². The first kappa shape index (κ1) is 35.0. The average molecular weight is 503 g/mol. The molecule has 0 fully saturated rings. The second-order valence-electron chi connectivity index (χ2n) is 10.3. The Hall–Kier alpha value is -0.960. The molecule has 0 saturated carbocycles. The molecule has 2 nitrogen and oxygen atoms in total. The molecule has 0 N–H and O–H groups in total. The lowest BCUT2D eigenvalue weighted by atomic mass is 10.1. The van der Waals surface area contributed by atoms with Crippen LogP contribution >= 0.6 is 0 Å². The van der Waals surface area contributed by atoms with E-state index in [1.54, 1.807) is 0 Å². The number of rotatable bonds is 26. The Labute approximate surface area is 227 Å². The molecule has 0 spiro atoms. The SMILES string of the molecule is CCCCCCCCCC#CCCCCCCCCC#CCCCCCCCCCOC(C)OCC. The molecule has 0 aliphatic heterocycles. The zero-order chi connectivity index (χ0) is 26.2. The molecule has 0 bridgehead atoms. The van der Waals surface area contributed by atoms with Crippen molar-refractivity contribution in [2.75, 3.05) is 13.2 Å². The highest BCUT2D eigenvalue weighted by atomic mass is 16.7. The van der Waals surface area contributed by atoms with Crippen LogP contribution in [0.4, 0.5) is 0 Å². The van der Waals surface area contributed by atoms with E-state index < -0.39 is 0 Å². The van der Waals surface area contributed by atoms with E-state index in [0.29, 0.717) is 0 Å². The highest BCUT2D eigenvalue weighted by molar-refractivity contribution is 4.99. The Balaban J connectivity index is 3.20. The van der Waals surface area contributed by atoms with Crippen molar-refractivity contribution in [3.63, 3.8) is 0 Å². The fraction of sp³-hybridized carbons (Fsp3) is 0.882. The monoisotopic (exact) mass is 502 g/mol. The summed E-state index contributed by atoms with van der Waals surface area (Å²) in [5.74, 6) is 13.5. The standard InChI is InChI=1S/C34H62O2/c1-4-6-7-8-9-10-11-12-13-14-15-16-17-18-19-20-21-22-23-24-25-26-27-28-29-30-31-32-33-36-34(3)35-5-2/h34H,4-12,15-22,25-33H2,1-3H3. The Morgan fingerprint density at radius 3 is 1.11 bits per heavy atom. The lowest BCUT2D eigenvalue weighted by Gasteiger charge is -2.12. The zero-order valence-electron chi connectivity index (χ0n) is 24.8. The topological polar surface area (TPSA) is 18.5 Å². The summed E-state index contributed by atoms with van der Waals surface area (Å²) >= 11 is 0. The summed E-state index contributed by atoms with van der Waals surface area (Å²) in [6.07, 6.45) is 31.0. The molecule has 0 amide bonds. The van der Waals surface area contributed by atoms with E-state index in [2.05, 4.69) is 30.6 Å². The second kappa shape index (κ2) is 32.1. The third-order valence-electron chi connectivity index (χ3n) is 6.71. The van der Waals surface area contributed by atoms with Gasteiger partial charge in [0.1, 0.15) is 0 Å². The third kappa shape index (κ3) is 31.1. The van der Waals surface area contributed by atoms with Crippen molar-refractivity contribution in [1.82, 2.24) is 0 Å². The van der Waals surface area contributed by atoms with Crippen LogP contribution in [0.2, 0.25) is 0 Å². The minimum absolute atomic E-state index is 0.0549. The van der Waals surface area contributed by atoms with Gasteiger partial charge in [-0.2, -0.15) is 0 Å². The first-order valence-corrected chi connectivity index (χ1v) is 16.0. The predicted octanol–water partition coefficient (Wildman–Crippen LogP) is 10.8. The van der Waals surface area contributed by atoms with E-state index >= 15 is 0 Å². The lowest BCUT2D eigenvalue weighted by Crippen LogP contribution is -2.13. The summed E-state index contributed by atoms with van der Waals surface area (Å²) < 4.78 is 11.0. The highest BCUT2D eigenvalue weighted by Crippen LogP contribution is 2.11. The molecule has 0 aliphatic rings. The molecule has 1 unspecified atom stereocenters. The summed E-state index contributed by atoms with van der Waals surface area (Å²) in [6.45, 7) is 7.81. The predicted molar refractivity (Wildman–Crippen MR) is 159 cm³/mol. The molecule has 1 atom stereocenters. The maximum Gasteiger partial charge on any atom is 0.154 e. The number of unbranched alkanes of at least 4 members (excludes halogenated alkanes) is 21. The fourth-order valence-corrected chi connectivity index (χ4v) is 4.39. The molecule has 36 heavy (non-hydrogen) atoms. The van der Waals surface area contributed by atoms with Gasteiger partial charge in [0.2, 0.25) is 0 Å². The second-order valence-corrected chi connectivity index (χ2v) is 10.3. The molecule has 2 heteroatoms. The lowest BCUT2D eigenvalue weighted by molar-refractivity contribution is -0.127. The van der Waals surface area contributed by atoms with Crippen molar-refractivity contribution >= 4 is 0 Å². The van der Waals surface area contributed by atoms with E-state index in [4.69, 9.17) is 9.47 Å². The number of ether oxygens (including phenoxy) is 2. The normalized spacial score (nSPS) is 11.5. The fourth-order valence-electron chi connectivity index (χ4n) is 4.39. The van der Waals surface area contributed by atoms with Gasteiger partial charge >= 0.3 is 0 Å². The maximum absolute atomic E-state index is 5.60. The molecule has 0 saturated heterocycles. The quantitative estimate of drug-likeness (QED) is 0.0665. The van der Waals surface area contributed by atoms with Crippen LogP contribution in [-0.2, 0) is 9.47 Å². The average Bonchev–Trinajstić information content (AvgIpc) is 2.88. The Morgan fingerprint density at radius 1 is 0.417 bits per heavy atom. The number of hydrogen-bond donors (Lipinski definition) is 0. The van der Waals surface area contributed by atoms with Crippen LogP contribution in [0, 0.1) is 23.7 Å². The van der Waals surface area contributed by atoms with Crippen molar-refractivity contribution in [1.29, 1.82) is 0 Å². The van der Waals surface area contributed by atoms with Crippen LogP contribution in [0.15, 0.2) is 0 Å². The van der Waals surface area contributed by atoms with Gasteiger partial charge in [0.25, 0.3) is 0 Å². The first-order valence-electron chi connectivity index (χ1n) is 16.0. The van der Waals surface area contributed by atoms with Crippen molar-refractivity contribution < 1.29 is 9.47 Å². The van der Waals surface area contributed by atoms with Gasteiger partial charge in [-0.15, -0.1) is 23.7 Å². The summed E-state index contributed by atoms with van der Waals surface area (Å²) in [5, 5.41) is 0. The summed E-state index contributed by atoms with van der Waals surface area (Å²) in [6, 6.07) is 0. The molecule has 0 rings (SSSR count). The maximum atomic E-state index is 5.60. The van der Waals surface area contributed by atoms with Crippen molar-refractivity contribution in [3.05, 3.63) is 0 Å². The minimum Gasteiger partial charge on any atom is -0.353 e. The van der Waals surface area contributed by atoms with Gasteiger partial charge in [-0.05, 0) is 46.0 Å². The summed E-state index contributed by atoms with van der Waals surface area (Å²) in [5.41, 5.74) is 0. The van der Waals surface area contributed by atoms with Crippen LogP contribution in [0.3, 0.4) is 0 Å². The molecular formula is C34H62O2. The molecule has 0 aromatic heterocycles. The smallest absolute Gasteiger partial charge is 0.154 e. The van der Waals surface area contributed by atoms with Gasteiger partial charge in [0, 0.05) is 38.9 Å². The van der Waals surface area contributed by atoms with Crippen molar-refractivity contribution in [2.24, 2.45) is 0 Å². The van der Waals surface area contributed by atoms with Crippen LogP contribution < -0.4 is 0 Å². The molecule has 0 radical (unpaired) electrons. The van der Waals surface area contributed by atoms with Gasteiger partial charge in [0.15, 0.2) is 6.29 Å². The van der Waals surface area contributed by atoms with Crippen LogP contribution in [-0.4, -0.2) is 19.5 Å². The Bertz CT molecular complexity index is 533. The Kier molecular flexibility index (Phi) is 31.2. The molecular weight excluding hydrogens is 440 g/mol. The Morgan fingerprint density at radius 2 is 0.750 bits per heavy atom. The van der Waals surface area contributed by atoms with Gasteiger partial charge < -0.3 is 9.47 Å². The van der Waals surface area contributed by atoms with Gasteiger partial charge in [-0.25, -0.2) is 0 Å². The van der Waals surface area contributed by atoms with Crippen LogP contribution in [0.5, 0.6) is 0 Å². The molecule has 0 heterocycles. The summed E-state index contributed by atoms with van der Waals surface area (Å²) in [4.78, 5) is 0. The first-order chi connectivity index (χ1) is 17.8. The van der Waals surface area contributed by atoms with Gasteiger partial charge in [-0.3, -0.25) is 0 Å². The van der Waals surface area contributed by atoms with E-state index in [1.165, 1.54) is 122 Å². The van der Waals surface area contributed by atoms with Crippen LogP contribution in [0.25, 0.3) is 0 Å². The van der Waals surface area contributed by atoms with Gasteiger partial charge in [0.05, 0.1) is 0 Å². The van der Waals surface area contributed by atoms with Crippen molar-refractivity contribution in [3.8, 4) is 23.7 Å². The third-order valence-corrected chi connectivity index (χ3v) is 6.71. The van der Waals surface area contributed by atoms with E-state index in [9.17, 15) is 0 Å². The van der Waals surface area contributed by atoms with E-state index in [-0.39, 0.29) is 6.29 Å². The van der Waals surface area contributed by atoms with Crippen LogP contribution in [0.1, 0.15) is 175 Å². The molecule has 0 aromatic rings.